The summed E-state index contributed by atoms with van der Waals surface area (Å²) in [5.41, 5.74) is 0.934. The third-order valence-electron chi connectivity index (χ3n) is 5.12. The fraction of sp³-hybridized carbons (Fsp3) is 0.348. The Labute approximate surface area is 180 Å². The molecule has 0 radical (unpaired) electrons. The average Bonchev–Trinajstić information content (AvgIpc) is 2.78. The number of carbonyl (C=O) groups is 3. The minimum absolute atomic E-state index is 0.104. The van der Waals surface area contributed by atoms with Gasteiger partial charge in [0.25, 0.3) is 11.8 Å². The van der Waals surface area contributed by atoms with Crippen molar-refractivity contribution in [3.8, 4) is 5.75 Å². The summed E-state index contributed by atoms with van der Waals surface area (Å²) in [7, 11) is 0. The van der Waals surface area contributed by atoms with E-state index in [-0.39, 0.29) is 30.2 Å². The summed E-state index contributed by atoms with van der Waals surface area (Å²) in [4.78, 5) is 37.9. The molecule has 1 fully saturated rings. The average molecular weight is 428 g/mol. The first kappa shape index (κ1) is 22.3. The quantitative estimate of drug-likeness (QED) is 0.561. The van der Waals surface area contributed by atoms with E-state index in [1.54, 1.807) is 24.0 Å². The van der Waals surface area contributed by atoms with Crippen molar-refractivity contribution in [3.63, 3.8) is 0 Å². The summed E-state index contributed by atoms with van der Waals surface area (Å²) in [6.07, 6.45) is 0.767. The van der Waals surface area contributed by atoms with Crippen LogP contribution < -0.4 is 10.1 Å². The molecule has 1 aliphatic rings. The van der Waals surface area contributed by atoms with Crippen LogP contribution >= 0.6 is 0 Å². The molecule has 31 heavy (non-hydrogen) atoms. The zero-order valence-corrected chi connectivity index (χ0v) is 17.3. The molecule has 0 bridgehead atoms. The Morgan fingerprint density at radius 3 is 2.23 bits per heavy atom. The zero-order valence-electron chi connectivity index (χ0n) is 17.3. The summed E-state index contributed by atoms with van der Waals surface area (Å²) in [6.45, 7) is 3.60. The molecule has 2 amide bonds. The maximum atomic E-state index is 13.0. The Morgan fingerprint density at radius 1 is 1.00 bits per heavy atom. The van der Waals surface area contributed by atoms with Crippen molar-refractivity contribution >= 4 is 18.0 Å². The van der Waals surface area contributed by atoms with Gasteiger partial charge in [0.15, 0.2) is 0 Å². The van der Waals surface area contributed by atoms with Crippen molar-refractivity contribution < 1.29 is 28.2 Å². The number of likely N-dealkylation sites (tertiary alicyclic amines) is 1. The number of hydrogen-bond donors (Lipinski definition) is 1. The standard InChI is InChI=1S/C23H25FN2O5/c1-2-30-23(29)31-20-9-5-17(6-10-20)21(27)25-15-16-11-13-26(14-12-16)22(28)18-3-7-19(24)8-4-18/h3-10,16H,2,11-15H2,1H3,(H,25,27). The first-order valence-corrected chi connectivity index (χ1v) is 10.2. The highest BCUT2D eigenvalue weighted by molar-refractivity contribution is 5.94. The molecule has 164 valence electrons. The molecule has 0 aromatic heterocycles. The van der Waals surface area contributed by atoms with E-state index in [0.29, 0.717) is 36.5 Å². The molecule has 3 rings (SSSR count). The van der Waals surface area contributed by atoms with Crippen molar-refractivity contribution in [1.29, 1.82) is 0 Å². The minimum atomic E-state index is -0.788. The molecule has 0 spiro atoms. The van der Waals surface area contributed by atoms with Gasteiger partial charge in [0, 0.05) is 30.8 Å². The molecular weight excluding hydrogens is 403 g/mol. The summed E-state index contributed by atoms with van der Waals surface area (Å²) in [5, 5.41) is 2.91. The summed E-state index contributed by atoms with van der Waals surface area (Å²) in [5.74, 6) is -0.117. The highest BCUT2D eigenvalue weighted by atomic mass is 19.1. The molecule has 7 nitrogen and oxygen atoms in total. The van der Waals surface area contributed by atoms with Gasteiger partial charge in [-0.3, -0.25) is 9.59 Å². The van der Waals surface area contributed by atoms with Crippen molar-refractivity contribution in [2.24, 2.45) is 5.92 Å². The molecule has 0 atom stereocenters. The number of ether oxygens (including phenoxy) is 2. The Balaban J connectivity index is 1.43. The second-order valence-electron chi connectivity index (χ2n) is 7.26. The van der Waals surface area contributed by atoms with E-state index < -0.39 is 6.16 Å². The lowest BCUT2D eigenvalue weighted by Crippen LogP contribution is -2.41. The van der Waals surface area contributed by atoms with E-state index >= 15 is 0 Å². The van der Waals surface area contributed by atoms with E-state index in [2.05, 4.69) is 5.32 Å². The number of halogens is 1. The number of benzene rings is 2. The maximum absolute atomic E-state index is 13.0. The van der Waals surface area contributed by atoms with Gasteiger partial charge in [-0.05, 0) is 74.2 Å². The number of nitrogens with one attached hydrogen (secondary N) is 1. The number of hydrogen-bond acceptors (Lipinski definition) is 5. The van der Waals surface area contributed by atoms with Crippen LogP contribution in [-0.4, -0.2) is 49.1 Å². The molecule has 1 heterocycles. The molecule has 2 aromatic carbocycles. The first-order valence-electron chi connectivity index (χ1n) is 10.2. The summed E-state index contributed by atoms with van der Waals surface area (Å²) < 4.78 is 22.7. The highest BCUT2D eigenvalue weighted by Gasteiger charge is 2.24. The summed E-state index contributed by atoms with van der Waals surface area (Å²) in [6, 6.07) is 11.8. The molecule has 8 heteroatoms. The minimum Gasteiger partial charge on any atom is -0.434 e. The molecular formula is C23H25FN2O5. The predicted molar refractivity (Wildman–Crippen MR) is 111 cm³/mol. The van der Waals surface area contributed by atoms with Crippen LogP contribution in [0.15, 0.2) is 48.5 Å². The molecule has 0 saturated carbocycles. The normalized spacial score (nSPS) is 14.1. The topological polar surface area (TPSA) is 84.9 Å². The van der Waals surface area contributed by atoms with Crippen LogP contribution in [0.4, 0.5) is 9.18 Å². The van der Waals surface area contributed by atoms with E-state index in [1.165, 1.54) is 36.4 Å². The van der Waals surface area contributed by atoms with E-state index in [0.717, 1.165) is 12.8 Å². The lowest BCUT2D eigenvalue weighted by Gasteiger charge is -2.32. The summed E-state index contributed by atoms with van der Waals surface area (Å²) >= 11 is 0. The third-order valence-corrected chi connectivity index (χ3v) is 5.12. The van der Waals surface area contributed by atoms with Gasteiger partial charge in [-0.2, -0.15) is 0 Å². The van der Waals surface area contributed by atoms with Crippen LogP contribution in [0.25, 0.3) is 0 Å². The zero-order chi connectivity index (χ0) is 22.2. The predicted octanol–water partition coefficient (Wildman–Crippen LogP) is 3.64. The molecule has 0 aliphatic carbocycles. The molecule has 0 unspecified atom stereocenters. The highest BCUT2D eigenvalue weighted by Crippen LogP contribution is 2.19. The van der Waals surface area contributed by atoms with Gasteiger partial charge < -0.3 is 19.7 Å². The van der Waals surface area contributed by atoms with Gasteiger partial charge in [0.2, 0.25) is 0 Å². The van der Waals surface area contributed by atoms with Crippen molar-refractivity contribution in [3.05, 3.63) is 65.5 Å². The van der Waals surface area contributed by atoms with Gasteiger partial charge in [0.1, 0.15) is 11.6 Å². The fourth-order valence-electron chi connectivity index (χ4n) is 3.37. The third kappa shape index (κ3) is 6.28. The van der Waals surface area contributed by atoms with Crippen LogP contribution in [0.3, 0.4) is 0 Å². The Hall–Kier alpha value is -3.42. The van der Waals surface area contributed by atoms with Crippen LogP contribution in [0.1, 0.15) is 40.5 Å². The van der Waals surface area contributed by atoms with Crippen LogP contribution in [-0.2, 0) is 4.74 Å². The molecule has 1 aliphatic heterocycles. The van der Waals surface area contributed by atoms with Crippen molar-refractivity contribution in [2.45, 2.75) is 19.8 Å². The first-order chi connectivity index (χ1) is 15.0. The van der Waals surface area contributed by atoms with Crippen LogP contribution in [0.5, 0.6) is 5.75 Å². The van der Waals surface area contributed by atoms with E-state index in [9.17, 15) is 18.8 Å². The number of piperidine rings is 1. The van der Waals surface area contributed by atoms with Crippen LogP contribution in [0, 0.1) is 11.7 Å². The monoisotopic (exact) mass is 428 g/mol. The largest absolute Gasteiger partial charge is 0.513 e. The van der Waals surface area contributed by atoms with E-state index in [1.807, 2.05) is 0 Å². The fourth-order valence-corrected chi connectivity index (χ4v) is 3.37. The number of carbonyl (C=O) groups excluding carboxylic acids is 3. The van der Waals surface area contributed by atoms with Crippen LogP contribution in [0.2, 0.25) is 0 Å². The van der Waals surface area contributed by atoms with Gasteiger partial charge in [0.05, 0.1) is 6.61 Å². The lowest BCUT2D eigenvalue weighted by atomic mass is 9.96. The SMILES string of the molecule is CCOC(=O)Oc1ccc(C(=O)NCC2CCN(C(=O)c3ccc(F)cc3)CC2)cc1. The van der Waals surface area contributed by atoms with E-state index in [4.69, 9.17) is 9.47 Å². The van der Waals surface area contributed by atoms with Gasteiger partial charge in [-0.1, -0.05) is 0 Å². The Bertz CT molecular complexity index is 907. The van der Waals surface area contributed by atoms with Crippen molar-refractivity contribution in [1.82, 2.24) is 10.2 Å². The van der Waals surface area contributed by atoms with Gasteiger partial charge in [-0.15, -0.1) is 0 Å². The van der Waals surface area contributed by atoms with Crippen molar-refractivity contribution in [2.75, 3.05) is 26.2 Å². The molecule has 2 aromatic rings. The Morgan fingerprint density at radius 2 is 1.61 bits per heavy atom. The number of nitrogens with zero attached hydrogens (tertiary/aromatic N) is 1. The number of amides is 2. The Kier molecular flexibility index (Phi) is 7.59. The maximum Gasteiger partial charge on any atom is 0.513 e. The number of rotatable bonds is 6. The van der Waals surface area contributed by atoms with Gasteiger partial charge in [-0.25, -0.2) is 9.18 Å². The molecule has 1 N–H and O–H groups in total. The second-order valence-corrected chi connectivity index (χ2v) is 7.26. The molecule has 1 saturated heterocycles. The smallest absolute Gasteiger partial charge is 0.434 e. The van der Waals surface area contributed by atoms with Gasteiger partial charge >= 0.3 is 6.16 Å². The second kappa shape index (κ2) is 10.6. The lowest BCUT2D eigenvalue weighted by molar-refractivity contribution is 0.0684.